The van der Waals surface area contributed by atoms with E-state index in [4.69, 9.17) is 0 Å². The Morgan fingerprint density at radius 1 is 0.426 bits per heavy atom. The van der Waals surface area contributed by atoms with Crippen molar-refractivity contribution in [2.24, 2.45) is 7.05 Å². The van der Waals surface area contributed by atoms with Gasteiger partial charge in [-0.3, -0.25) is 4.90 Å². The number of quaternary nitrogens is 4. The van der Waals surface area contributed by atoms with Gasteiger partial charge in [0.05, 0.1) is 111 Å². The van der Waals surface area contributed by atoms with Gasteiger partial charge in [-0.15, -0.1) is 0 Å². The zero-order valence-corrected chi connectivity index (χ0v) is 41.1. The minimum Gasteiger partial charge on any atom is -0.326 e. The molecule has 7 heteroatoms. The molecule has 0 spiro atoms. The van der Waals surface area contributed by atoms with E-state index >= 15 is 0 Å². The van der Waals surface area contributed by atoms with Gasteiger partial charge in [0, 0.05) is 31.5 Å². The number of likely N-dealkylation sites (tertiary alicyclic amines) is 3. The second-order valence-corrected chi connectivity index (χ2v) is 24.1. The van der Waals surface area contributed by atoms with Gasteiger partial charge >= 0.3 is 0 Å². The number of imidazole rings is 1. The molecule has 0 saturated carbocycles. The molecule has 54 heavy (non-hydrogen) atoms. The molecule has 320 valence electrons. The number of nitrogens with zero attached hydrogens (tertiary/aromatic N) is 7. The van der Waals surface area contributed by atoms with Gasteiger partial charge in [0.25, 0.3) is 0 Å². The molecule has 5 rings (SSSR count). The van der Waals surface area contributed by atoms with Crippen molar-refractivity contribution < 1.29 is 22.5 Å². The van der Waals surface area contributed by atoms with E-state index in [1.165, 1.54) is 135 Å². The Labute approximate surface area is 340 Å². The molecule has 1 aromatic rings. The van der Waals surface area contributed by atoms with E-state index in [0.717, 1.165) is 0 Å². The fraction of sp³-hybridized carbons (Fsp3) is 0.936. The first-order valence-electron chi connectivity index (χ1n) is 22.3. The van der Waals surface area contributed by atoms with Crippen LogP contribution >= 0.6 is 0 Å². The number of aryl methyl sites for hydroxylation is 1. The maximum atomic E-state index is 2.58. The summed E-state index contributed by atoms with van der Waals surface area (Å²) in [7, 11) is 13.9. The van der Waals surface area contributed by atoms with E-state index in [-0.39, 0.29) is 5.54 Å². The Balaban J connectivity index is 0.000000338. The van der Waals surface area contributed by atoms with Gasteiger partial charge in [-0.05, 0) is 142 Å². The maximum absolute atomic E-state index is 2.58. The van der Waals surface area contributed by atoms with Gasteiger partial charge < -0.3 is 17.9 Å². The van der Waals surface area contributed by atoms with E-state index in [1.807, 2.05) is 17.8 Å². The number of likely N-dealkylation sites (N-methyl/N-ethyl adjacent to an activating group) is 1. The van der Waals surface area contributed by atoms with E-state index in [9.17, 15) is 0 Å². The van der Waals surface area contributed by atoms with Gasteiger partial charge in [0.2, 0.25) is 6.33 Å². The third-order valence-corrected chi connectivity index (χ3v) is 14.5. The number of piperazine rings is 1. The largest absolute Gasteiger partial charge is 0.326 e. The molecular weight excluding hydrogens is 663 g/mol. The van der Waals surface area contributed by atoms with Gasteiger partial charge in [-0.25, -0.2) is 9.13 Å². The molecule has 0 aromatic carbocycles. The Hall–Kier alpha value is -0.990. The van der Waals surface area contributed by atoms with Crippen LogP contribution in [-0.4, -0.2) is 150 Å². The molecule has 0 amide bonds. The summed E-state index contributed by atoms with van der Waals surface area (Å²) in [5, 5.41) is 0. The van der Waals surface area contributed by atoms with E-state index < -0.39 is 0 Å². The summed E-state index contributed by atoms with van der Waals surface area (Å²) in [6.45, 7) is 48.0. The standard InChI is InChI=1S/C10H23N2.2C10H22N.C9H20N.C8H15N2/c1-10(2,3)11-6-8-12(4,5)9-7-11;2*1-10(2,3)11(4)8-6-5-7-9-11;1-9(2,3)10(4)7-5-6-8-10;1-8(2,3)10-6-5-9(4)7-10/h6-9H2,1-5H3;2*5-9H2,1-4H3;5-8H2,1-4H3;5-7H,1-4H3/q5*+1. The summed E-state index contributed by atoms with van der Waals surface area (Å²) >= 11 is 0. The van der Waals surface area contributed by atoms with Gasteiger partial charge in [-0.2, -0.15) is 0 Å². The normalized spacial score (nSPS) is 22.8. The second-order valence-electron chi connectivity index (χ2n) is 24.1. The molecule has 4 aliphatic rings. The second kappa shape index (κ2) is 19.6. The first-order valence-corrected chi connectivity index (χ1v) is 22.3. The molecule has 5 heterocycles. The monoisotopic (exact) mass is 765 g/mol. The molecule has 0 bridgehead atoms. The molecule has 7 nitrogen and oxygen atoms in total. The molecule has 4 aliphatic heterocycles. The van der Waals surface area contributed by atoms with Crippen LogP contribution in [0.5, 0.6) is 0 Å². The topological polar surface area (TPSA) is 12.1 Å². The Kier molecular flexibility index (Phi) is 18.6. The molecule has 4 saturated heterocycles. The number of piperidine rings is 2. The maximum Gasteiger partial charge on any atom is 0.243 e. The zero-order valence-electron chi connectivity index (χ0n) is 41.1. The molecule has 1 aromatic heterocycles. The molecule has 0 N–H and O–H groups in total. The zero-order chi connectivity index (χ0) is 42.1. The smallest absolute Gasteiger partial charge is 0.243 e. The Bertz CT molecular complexity index is 1130. The quantitative estimate of drug-likeness (QED) is 0.190. The predicted molar refractivity (Wildman–Crippen MR) is 238 cm³/mol. The van der Waals surface area contributed by atoms with Crippen molar-refractivity contribution in [2.45, 2.75) is 183 Å². The molecule has 0 radical (unpaired) electrons. The molecule has 0 unspecified atom stereocenters. The average molecular weight is 765 g/mol. The minimum atomic E-state index is 0.210. The van der Waals surface area contributed by atoms with Crippen molar-refractivity contribution in [1.82, 2.24) is 9.47 Å². The fourth-order valence-electron chi connectivity index (χ4n) is 7.99. The highest BCUT2D eigenvalue weighted by molar-refractivity contribution is 4.79. The summed E-state index contributed by atoms with van der Waals surface area (Å²) in [6, 6.07) is 0. The summed E-state index contributed by atoms with van der Waals surface area (Å²) in [4.78, 5) is 2.58. The van der Waals surface area contributed by atoms with Crippen LogP contribution in [0.15, 0.2) is 18.7 Å². The van der Waals surface area contributed by atoms with Crippen molar-refractivity contribution in [3.63, 3.8) is 0 Å². The van der Waals surface area contributed by atoms with Crippen LogP contribution in [0.1, 0.15) is 155 Å². The van der Waals surface area contributed by atoms with Crippen molar-refractivity contribution in [2.75, 3.05) is 101 Å². The van der Waals surface area contributed by atoms with Crippen LogP contribution in [0.25, 0.3) is 0 Å². The van der Waals surface area contributed by atoms with Crippen molar-refractivity contribution in [3.05, 3.63) is 18.7 Å². The van der Waals surface area contributed by atoms with Gasteiger partial charge in [-0.1, -0.05) is 0 Å². The first kappa shape index (κ1) is 51.0. The molecular formula is C47H102N7+5. The first-order chi connectivity index (χ1) is 24.2. The van der Waals surface area contributed by atoms with E-state index in [0.29, 0.717) is 22.2 Å². The molecule has 4 fully saturated rings. The minimum absolute atomic E-state index is 0.210. The predicted octanol–water partition coefficient (Wildman–Crippen LogP) is 9.10. The van der Waals surface area contributed by atoms with Crippen LogP contribution < -0.4 is 4.57 Å². The lowest BCUT2D eigenvalue weighted by Crippen LogP contribution is -2.59. The molecule has 0 aliphatic carbocycles. The Morgan fingerprint density at radius 2 is 0.722 bits per heavy atom. The average Bonchev–Trinajstić information content (AvgIpc) is 3.67. The number of rotatable bonds is 0. The third kappa shape index (κ3) is 16.5. The summed E-state index contributed by atoms with van der Waals surface area (Å²) < 4.78 is 9.23. The Morgan fingerprint density at radius 3 is 0.907 bits per heavy atom. The van der Waals surface area contributed by atoms with Crippen LogP contribution in [0, 0.1) is 0 Å². The van der Waals surface area contributed by atoms with Crippen molar-refractivity contribution >= 4 is 0 Å². The number of aromatic nitrogens is 2. The number of hydrogen-bond donors (Lipinski definition) is 0. The van der Waals surface area contributed by atoms with Crippen LogP contribution in [0.4, 0.5) is 0 Å². The lowest BCUT2D eigenvalue weighted by molar-refractivity contribution is -0.957. The lowest BCUT2D eigenvalue weighted by Gasteiger charge is -2.48. The molecule has 0 atom stereocenters. The van der Waals surface area contributed by atoms with E-state index in [1.54, 1.807) is 0 Å². The van der Waals surface area contributed by atoms with Gasteiger partial charge in [0.1, 0.15) is 17.9 Å². The van der Waals surface area contributed by atoms with Gasteiger partial charge in [0.15, 0.2) is 0 Å². The van der Waals surface area contributed by atoms with Crippen molar-refractivity contribution in [1.29, 1.82) is 0 Å². The fourth-order valence-corrected chi connectivity index (χ4v) is 7.99. The lowest BCUT2D eigenvalue weighted by atomic mass is 9.97. The van der Waals surface area contributed by atoms with Crippen LogP contribution in [0.3, 0.4) is 0 Å². The van der Waals surface area contributed by atoms with E-state index in [2.05, 4.69) is 161 Å². The van der Waals surface area contributed by atoms with Crippen LogP contribution in [0.2, 0.25) is 0 Å². The summed E-state index contributed by atoms with van der Waals surface area (Å²) in [6.07, 6.45) is 17.7. The highest BCUT2D eigenvalue weighted by atomic mass is 15.4. The summed E-state index contributed by atoms with van der Waals surface area (Å²) in [5.74, 6) is 0. The highest BCUT2D eigenvalue weighted by Crippen LogP contribution is 2.29. The third-order valence-electron chi connectivity index (χ3n) is 14.5. The SMILES string of the molecule is CC(C)(C)N1CC[N+](C)(C)CC1.CC(C)(C)[N+]1(C)CCCC1.CC(C)(C)[N+]1(C)CCCCC1.CC(C)(C)[N+]1(C)CCCCC1.C[n+]1ccn(C(C)(C)C)c1. The van der Waals surface area contributed by atoms with Crippen LogP contribution in [-0.2, 0) is 12.6 Å². The number of hydrogen-bond acceptors (Lipinski definition) is 1. The highest BCUT2D eigenvalue weighted by Gasteiger charge is 2.39. The summed E-state index contributed by atoms with van der Waals surface area (Å²) in [5.41, 5.74) is 1.92. The van der Waals surface area contributed by atoms with Crippen molar-refractivity contribution in [3.8, 4) is 0 Å².